The number of aromatic nitrogens is 2. The molecular weight excluding hydrogens is 356 g/mol. The van der Waals surface area contributed by atoms with Crippen molar-refractivity contribution in [2.75, 3.05) is 16.8 Å². The number of imidazole rings is 1. The van der Waals surface area contributed by atoms with Crippen LogP contribution in [0.3, 0.4) is 0 Å². The van der Waals surface area contributed by atoms with Crippen molar-refractivity contribution >= 4 is 45.8 Å². The molecular formula is C18H15ClN4O3. The van der Waals surface area contributed by atoms with Crippen molar-refractivity contribution in [2.45, 2.75) is 12.8 Å². The van der Waals surface area contributed by atoms with Crippen LogP contribution in [0.4, 0.5) is 11.4 Å². The van der Waals surface area contributed by atoms with Gasteiger partial charge in [-0.25, -0.2) is 4.79 Å². The van der Waals surface area contributed by atoms with E-state index in [0.717, 1.165) is 6.42 Å². The van der Waals surface area contributed by atoms with E-state index in [0.29, 0.717) is 46.0 Å². The van der Waals surface area contributed by atoms with E-state index in [1.54, 1.807) is 41.3 Å². The Bertz CT molecular complexity index is 1090. The molecule has 2 heterocycles. The monoisotopic (exact) mass is 370 g/mol. The first-order valence-electron chi connectivity index (χ1n) is 8.14. The van der Waals surface area contributed by atoms with Gasteiger partial charge < -0.3 is 20.2 Å². The lowest BCUT2D eigenvalue weighted by molar-refractivity contribution is -0.117. The first-order valence-corrected chi connectivity index (χ1v) is 8.52. The number of carbonyl (C=O) groups is 2. The quantitative estimate of drug-likeness (QED) is 0.661. The number of halogens is 1. The summed E-state index contributed by atoms with van der Waals surface area (Å²) in [5, 5.41) is 3.26. The lowest BCUT2D eigenvalue weighted by atomic mass is 10.1. The summed E-state index contributed by atoms with van der Waals surface area (Å²) in [6, 6.07) is 9.92. The highest BCUT2D eigenvalue weighted by Gasteiger charge is 2.26. The van der Waals surface area contributed by atoms with Crippen molar-refractivity contribution < 1.29 is 9.59 Å². The van der Waals surface area contributed by atoms with Crippen LogP contribution in [0.5, 0.6) is 0 Å². The van der Waals surface area contributed by atoms with E-state index in [4.69, 9.17) is 11.6 Å². The number of aromatic amines is 2. The Balaban J connectivity index is 1.66. The third-order valence-electron chi connectivity index (χ3n) is 4.34. The Labute approximate surface area is 153 Å². The Morgan fingerprint density at radius 2 is 1.88 bits per heavy atom. The second-order valence-electron chi connectivity index (χ2n) is 6.10. The molecule has 0 aliphatic carbocycles. The highest BCUT2D eigenvalue weighted by atomic mass is 35.5. The van der Waals surface area contributed by atoms with Crippen molar-refractivity contribution in [1.82, 2.24) is 9.97 Å². The molecule has 7 nitrogen and oxygen atoms in total. The molecule has 2 amide bonds. The SMILES string of the molecule is O=C(Nc1ccc2[nH]c(=O)[nH]c2c1)c1ccc(Cl)cc1N1CCCC1=O. The van der Waals surface area contributed by atoms with Crippen LogP contribution < -0.4 is 15.9 Å². The number of nitrogens with zero attached hydrogens (tertiary/aromatic N) is 1. The fourth-order valence-electron chi connectivity index (χ4n) is 3.13. The largest absolute Gasteiger partial charge is 0.323 e. The fourth-order valence-corrected chi connectivity index (χ4v) is 3.30. The maximum atomic E-state index is 12.8. The third kappa shape index (κ3) is 2.97. The Morgan fingerprint density at radius 3 is 2.65 bits per heavy atom. The molecule has 0 radical (unpaired) electrons. The average Bonchev–Trinajstić information content (AvgIpc) is 3.18. The maximum absolute atomic E-state index is 12.8. The summed E-state index contributed by atoms with van der Waals surface area (Å²) in [7, 11) is 0. The van der Waals surface area contributed by atoms with E-state index < -0.39 is 0 Å². The van der Waals surface area contributed by atoms with Crippen LogP contribution in [0.25, 0.3) is 11.0 Å². The van der Waals surface area contributed by atoms with Crippen molar-refractivity contribution in [3.8, 4) is 0 Å². The standard InChI is InChI=1S/C18H15ClN4O3/c19-10-3-5-12(15(8-10)23-7-1-2-16(23)24)17(25)20-11-4-6-13-14(9-11)22-18(26)21-13/h3-6,8-9H,1-2,7H2,(H,20,25)(H2,21,22,26). The van der Waals surface area contributed by atoms with Crippen LogP contribution in [0, 0.1) is 0 Å². The first-order chi connectivity index (χ1) is 12.5. The summed E-state index contributed by atoms with van der Waals surface area (Å²) in [5.41, 5.74) is 2.35. The normalized spacial score (nSPS) is 14.2. The zero-order chi connectivity index (χ0) is 18.3. The van der Waals surface area contributed by atoms with Gasteiger partial charge in [0, 0.05) is 23.7 Å². The van der Waals surface area contributed by atoms with Gasteiger partial charge in [0.15, 0.2) is 0 Å². The number of anilines is 2. The number of amides is 2. The zero-order valence-electron chi connectivity index (χ0n) is 13.6. The van der Waals surface area contributed by atoms with Gasteiger partial charge in [0.2, 0.25) is 5.91 Å². The summed E-state index contributed by atoms with van der Waals surface area (Å²) in [5.74, 6) is -0.374. The number of H-pyrrole nitrogens is 2. The fraction of sp³-hybridized carbons (Fsp3) is 0.167. The smallest absolute Gasteiger partial charge is 0.322 e. The van der Waals surface area contributed by atoms with E-state index >= 15 is 0 Å². The third-order valence-corrected chi connectivity index (χ3v) is 4.58. The molecule has 1 aliphatic heterocycles. The number of carbonyl (C=O) groups excluding carboxylic acids is 2. The Kier molecular flexibility index (Phi) is 4.00. The van der Waals surface area contributed by atoms with Crippen molar-refractivity contribution in [3.05, 3.63) is 57.5 Å². The van der Waals surface area contributed by atoms with Crippen molar-refractivity contribution in [2.24, 2.45) is 0 Å². The van der Waals surface area contributed by atoms with Crippen LogP contribution >= 0.6 is 11.6 Å². The molecule has 0 spiro atoms. The van der Waals surface area contributed by atoms with E-state index in [1.165, 1.54) is 0 Å². The minimum atomic E-state index is -0.353. The van der Waals surface area contributed by atoms with Gasteiger partial charge in [-0.2, -0.15) is 0 Å². The Hall–Kier alpha value is -3.06. The van der Waals surface area contributed by atoms with Gasteiger partial charge in [-0.3, -0.25) is 9.59 Å². The van der Waals surface area contributed by atoms with Crippen LogP contribution in [0.1, 0.15) is 23.2 Å². The molecule has 1 aromatic heterocycles. The van der Waals surface area contributed by atoms with Gasteiger partial charge in [0.1, 0.15) is 0 Å². The summed E-state index contributed by atoms with van der Waals surface area (Å²) in [6.07, 6.45) is 1.22. The molecule has 1 fully saturated rings. The van der Waals surface area contributed by atoms with Gasteiger partial charge >= 0.3 is 5.69 Å². The highest BCUT2D eigenvalue weighted by Crippen LogP contribution is 2.29. The van der Waals surface area contributed by atoms with Crippen LogP contribution in [-0.4, -0.2) is 28.3 Å². The molecule has 2 aromatic carbocycles. The summed E-state index contributed by atoms with van der Waals surface area (Å²) in [4.78, 5) is 43.1. The molecule has 0 atom stereocenters. The summed E-state index contributed by atoms with van der Waals surface area (Å²) in [6.45, 7) is 0.565. The molecule has 3 N–H and O–H groups in total. The van der Waals surface area contributed by atoms with Crippen LogP contribution in [0.15, 0.2) is 41.2 Å². The summed E-state index contributed by atoms with van der Waals surface area (Å²) < 4.78 is 0. The number of rotatable bonds is 3. The van der Waals surface area contributed by atoms with Gasteiger partial charge in [-0.15, -0.1) is 0 Å². The molecule has 0 saturated carbocycles. The molecule has 1 saturated heterocycles. The number of benzene rings is 2. The Morgan fingerprint density at radius 1 is 1.08 bits per heavy atom. The molecule has 3 aromatic rings. The summed E-state index contributed by atoms with van der Waals surface area (Å²) >= 11 is 6.07. The van der Waals surface area contributed by atoms with Crippen LogP contribution in [-0.2, 0) is 4.79 Å². The van der Waals surface area contributed by atoms with E-state index in [1.807, 2.05) is 0 Å². The predicted octanol–water partition coefficient (Wildman–Crippen LogP) is 2.89. The topological polar surface area (TPSA) is 98.1 Å². The minimum Gasteiger partial charge on any atom is -0.322 e. The maximum Gasteiger partial charge on any atom is 0.323 e. The van der Waals surface area contributed by atoms with Gasteiger partial charge in [0.25, 0.3) is 5.91 Å². The molecule has 0 unspecified atom stereocenters. The molecule has 4 rings (SSSR count). The lowest BCUT2D eigenvalue weighted by Gasteiger charge is -2.19. The minimum absolute atomic E-state index is 0.0207. The molecule has 8 heteroatoms. The first kappa shape index (κ1) is 16.4. The molecule has 26 heavy (non-hydrogen) atoms. The second kappa shape index (κ2) is 6.34. The van der Waals surface area contributed by atoms with E-state index in [-0.39, 0.29) is 17.5 Å². The van der Waals surface area contributed by atoms with Crippen LogP contribution in [0.2, 0.25) is 5.02 Å². The lowest BCUT2D eigenvalue weighted by Crippen LogP contribution is -2.27. The van der Waals surface area contributed by atoms with Gasteiger partial charge in [-0.05, 0) is 42.8 Å². The van der Waals surface area contributed by atoms with Gasteiger partial charge in [0.05, 0.1) is 22.3 Å². The zero-order valence-corrected chi connectivity index (χ0v) is 14.4. The van der Waals surface area contributed by atoms with Gasteiger partial charge in [-0.1, -0.05) is 11.6 Å². The molecule has 1 aliphatic rings. The molecule has 0 bridgehead atoms. The number of hydrogen-bond acceptors (Lipinski definition) is 3. The highest BCUT2D eigenvalue weighted by molar-refractivity contribution is 6.31. The molecule has 132 valence electrons. The van der Waals surface area contributed by atoms with E-state index in [9.17, 15) is 14.4 Å². The average molecular weight is 371 g/mol. The van der Waals surface area contributed by atoms with Crippen molar-refractivity contribution in [1.29, 1.82) is 0 Å². The predicted molar refractivity (Wildman–Crippen MR) is 99.9 cm³/mol. The van der Waals surface area contributed by atoms with E-state index in [2.05, 4.69) is 15.3 Å². The number of nitrogens with one attached hydrogen (secondary N) is 3. The number of fused-ring (bicyclic) bond motifs is 1. The number of hydrogen-bond donors (Lipinski definition) is 3. The van der Waals surface area contributed by atoms with Crippen molar-refractivity contribution in [3.63, 3.8) is 0 Å². The second-order valence-corrected chi connectivity index (χ2v) is 6.54.